The van der Waals surface area contributed by atoms with Gasteiger partial charge in [-0.05, 0) is 94.4 Å². The molecule has 0 spiro atoms. The van der Waals surface area contributed by atoms with Crippen molar-refractivity contribution < 1.29 is 9.15 Å². The van der Waals surface area contributed by atoms with Gasteiger partial charge in [-0.2, -0.15) is 0 Å². The van der Waals surface area contributed by atoms with E-state index in [4.69, 9.17) is 9.15 Å². The van der Waals surface area contributed by atoms with Gasteiger partial charge in [-0.1, -0.05) is 42.5 Å². The molecular formula is C33H32N6O3. The van der Waals surface area contributed by atoms with Gasteiger partial charge in [0.1, 0.15) is 24.1 Å². The van der Waals surface area contributed by atoms with E-state index in [1.54, 1.807) is 18.1 Å². The molecule has 0 amide bonds. The summed E-state index contributed by atoms with van der Waals surface area (Å²) in [5.74, 6) is 2.04. The minimum Gasteiger partial charge on any atom is -0.497 e. The number of nitrogens with one attached hydrogen (secondary N) is 1. The fourth-order valence-electron chi connectivity index (χ4n) is 5.29. The van der Waals surface area contributed by atoms with Crippen LogP contribution in [0.4, 0.5) is 0 Å². The van der Waals surface area contributed by atoms with Crippen molar-refractivity contribution >= 4 is 10.9 Å². The number of furan rings is 1. The quantitative estimate of drug-likeness (QED) is 0.234. The lowest BCUT2D eigenvalue weighted by Gasteiger charge is -2.31. The first-order valence-corrected chi connectivity index (χ1v) is 13.8. The van der Waals surface area contributed by atoms with Crippen molar-refractivity contribution in [1.82, 2.24) is 30.1 Å². The molecule has 0 aliphatic rings. The molecule has 3 aromatic carbocycles. The number of tetrazole rings is 1. The Kier molecular flexibility index (Phi) is 7.66. The van der Waals surface area contributed by atoms with Gasteiger partial charge >= 0.3 is 0 Å². The first-order valence-electron chi connectivity index (χ1n) is 13.8. The molecule has 42 heavy (non-hydrogen) atoms. The number of methoxy groups -OCH3 is 1. The highest BCUT2D eigenvalue weighted by atomic mass is 16.5. The Morgan fingerprint density at radius 3 is 2.38 bits per heavy atom. The Morgan fingerprint density at radius 1 is 0.929 bits per heavy atom. The van der Waals surface area contributed by atoms with E-state index in [0.717, 1.165) is 38.9 Å². The maximum atomic E-state index is 13.9. The Bertz CT molecular complexity index is 1840. The van der Waals surface area contributed by atoms with Gasteiger partial charge in [-0.25, -0.2) is 4.68 Å². The first kappa shape index (κ1) is 27.2. The Morgan fingerprint density at radius 2 is 1.67 bits per heavy atom. The van der Waals surface area contributed by atoms with E-state index in [2.05, 4.69) is 50.5 Å². The first-order chi connectivity index (χ1) is 20.5. The third kappa shape index (κ3) is 5.73. The van der Waals surface area contributed by atoms with E-state index in [0.29, 0.717) is 36.8 Å². The molecule has 0 aliphatic heterocycles. The number of pyridine rings is 1. The number of ether oxygens (including phenoxy) is 1. The van der Waals surface area contributed by atoms with Crippen molar-refractivity contribution in [2.75, 3.05) is 7.11 Å². The number of benzene rings is 3. The van der Waals surface area contributed by atoms with Crippen LogP contribution in [0.25, 0.3) is 10.9 Å². The van der Waals surface area contributed by atoms with Crippen LogP contribution in [0, 0.1) is 13.8 Å². The maximum Gasteiger partial charge on any atom is 0.253 e. The summed E-state index contributed by atoms with van der Waals surface area (Å²) in [6, 6.07) is 27.4. The molecule has 3 aromatic heterocycles. The van der Waals surface area contributed by atoms with E-state index in [-0.39, 0.29) is 5.56 Å². The van der Waals surface area contributed by atoms with Gasteiger partial charge in [0.2, 0.25) is 0 Å². The standard InChI is InChI=1S/C33H32N6O3/c1-22-16-26-18-29(33(40)34-30(26)17-23(22)2)31(32-35-36-37-39(32)21-28-10-7-15-42-28)38(19-24-8-5-4-6-9-24)20-25-11-13-27(41-3)14-12-25/h4-18,31H,19-21H2,1-3H3,(H,34,40)/t31-/m0/s1. The summed E-state index contributed by atoms with van der Waals surface area (Å²) in [7, 11) is 1.65. The lowest BCUT2D eigenvalue weighted by molar-refractivity contribution is 0.193. The molecule has 3 heterocycles. The SMILES string of the molecule is COc1ccc(CN(Cc2ccccc2)[C@@H](c2cc3cc(C)c(C)cc3[nH]c2=O)c2nnnn2Cc2ccco2)cc1. The molecule has 6 rings (SSSR count). The fourth-order valence-corrected chi connectivity index (χ4v) is 5.29. The number of nitrogens with zero attached hydrogens (tertiary/aromatic N) is 5. The van der Waals surface area contributed by atoms with Crippen molar-refractivity contribution in [2.45, 2.75) is 39.5 Å². The number of aromatic amines is 1. The van der Waals surface area contributed by atoms with Crippen molar-refractivity contribution in [3.8, 4) is 5.75 Å². The highest BCUT2D eigenvalue weighted by molar-refractivity contribution is 5.81. The Balaban J connectivity index is 1.53. The predicted molar refractivity (Wildman–Crippen MR) is 160 cm³/mol. The van der Waals surface area contributed by atoms with Crippen molar-refractivity contribution in [3.63, 3.8) is 0 Å². The second kappa shape index (κ2) is 11.8. The van der Waals surface area contributed by atoms with Crippen LogP contribution in [0.3, 0.4) is 0 Å². The molecule has 0 unspecified atom stereocenters. The van der Waals surface area contributed by atoms with Gasteiger partial charge in [0.15, 0.2) is 5.82 Å². The second-order valence-electron chi connectivity index (χ2n) is 10.5. The number of rotatable bonds is 10. The fraction of sp³-hybridized carbons (Fsp3) is 0.212. The number of H-pyrrole nitrogens is 1. The van der Waals surface area contributed by atoms with Crippen molar-refractivity contribution in [3.05, 3.63) is 141 Å². The van der Waals surface area contributed by atoms with Crippen LogP contribution < -0.4 is 10.3 Å². The van der Waals surface area contributed by atoms with Gasteiger partial charge in [-0.15, -0.1) is 5.10 Å². The van der Waals surface area contributed by atoms with E-state index in [1.165, 1.54) is 0 Å². The van der Waals surface area contributed by atoms with Crippen LogP contribution >= 0.6 is 0 Å². The number of aryl methyl sites for hydroxylation is 2. The number of hydrogen-bond donors (Lipinski definition) is 1. The molecule has 0 saturated carbocycles. The van der Waals surface area contributed by atoms with E-state index < -0.39 is 6.04 Å². The molecule has 0 radical (unpaired) electrons. The molecule has 1 atom stereocenters. The lowest BCUT2D eigenvalue weighted by Crippen LogP contribution is -2.35. The third-order valence-corrected chi connectivity index (χ3v) is 7.61. The van der Waals surface area contributed by atoms with Gasteiger partial charge in [0, 0.05) is 24.2 Å². The topological polar surface area (TPSA) is 102 Å². The van der Waals surface area contributed by atoms with Gasteiger partial charge in [-0.3, -0.25) is 9.69 Å². The molecule has 6 aromatic rings. The maximum absolute atomic E-state index is 13.9. The van der Waals surface area contributed by atoms with Crippen LogP contribution in [0.15, 0.2) is 100 Å². The zero-order chi connectivity index (χ0) is 29.1. The van der Waals surface area contributed by atoms with Crippen LogP contribution in [0.2, 0.25) is 0 Å². The molecular weight excluding hydrogens is 528 g/mol. The van der Waals surface area contributed by atoms with Crippen LogP contribution in [-0.4, -0.2) is 37.2 Å². The van der Waals surface area contributed by atoms with E-state index >= 15 is 0 Å². The molecule has 1 N–H and O–H groups in total. The summed E-state index contributed by atoms with van der Waals surface area (Å²) < 4.78 is 12.7. The monoisotopic (exact) mass is 560 g/mol. The van der Waals surface area contributed by atoms with Crippen LogP contribution in [-0.2, 0) is 19.6 Å². The zero-order valence-electron chi connectivity index (χ0n) is 23.8. The number of fused-ring (bicyclic) bond motifs is 1. The van der Waals surface area contributed by atoms with Crippen LogP contribution in [0.1, 0.15) is 45.4 Å². The lowest BCUT2D eigenvalue weighted by atomic mass is 9.99. The van der Waals surface area contributed by atoms with E-state index in [9.17, 15) is 4.79 Å². The van der Waals surface area contributed by atoms with Crippen LogP contribution in [0.5, 0.6) is 5.75 Å². The summed E-state index contributed by atoms with van der Waals surface area (Å²) in [6.45, 7) is 5.53. The summed E-state index contributed by atoms with van der Waals surface area (Å²) in [4.78, 5) is 19.3. The molecule has 212 valence electrons. The highest BCUT2D eigenvalue weighted by Crippen LogP contribution is 2.31. The summed E-state index contributed by atoms with van der Waals surface area (Å²) >= 11 is 0. The smallest absolute Gasteiger partial charge is 0.253 e. The molecule has 0 bridgehead atoms. The molecule has 0 fully saturated rings. The summed E-state index contributed by atoms with van der Waals surface area (Å²) in [5.41, 5.74) is 5.61. The molecule has 0 aliphatic carbocycles. The third-order valence-electron chi connectivity index (χ3n) is 7.61. The van der Waals surface area contributed by atoms with Gasteiger partial charge in [0.25, 0.3) is 5.56 Å². The Hall–Kier alpha value is -5.02. The van der Waals surface area contributed by atoms with E-state index in [1.807, 2.05) is 73.7 Å². The number of aromatic nitrogens is 5. The number of hydrogen-bond acceptors (Lipinski definition) is 7. The predicted octanol–water partition coefficient (Wildman–Crippen LogP) is 5.57. The van der Waals surface area contributed by atoms with Crippen molar-refractivity contribution in [2.24, 2.45) is 0 Å². The normalized spacial score (nSPS) is 12.2. The minimum absolute atomic E-state index is 0.184. The summed E-state index contributed by atoms with van der Waals surface area (Å²) in [5, 5.41) is 13.8. The average molecular weight is 561 g/mol. The minimum atomic E-state index is -0.577. The second-order valence-corrected chi connectivity index (χ2v) is 10.5. The Labute approximate surface area is 243 Å². The summed E-state index contributed by atoms with van der Waals surface area (Å²) in [6.07, 6.45) is 1.63. The highest BCUT2D eigenvalue weighted by Gasteiger charge is 2.31. The molecule has 9 heteroatoms. The van der Waals surface area contributed by atoms with Crippen molar-refractivity contribution in [1.29, 1.82) is 0 Å². The largest absolute Gasteiger partial charge is 0.497 e. The average Bonchev–Trinajstić information content (AvgIpc) is 3.68. The zero-order valence-corrected chi connectivity index (χ0v) is 23.8. The van der Waals surface area contributed by atoms with Gasteiger partial charge < -0.3 is 14.1 Å². The molecule has 9 nitrogen and oxygen atoms in total. The molecule has 0 saturated heterocycles. The van der Waals surface area contributed by atoms with Gasteiger partial charge in [0.05, 0.1) is 13.4 Å².